The number of aromatic nitrogens is 4. The number of sulfonamides is 1. The van der Waals surface area contributed by atoms with Crippen LogP contribution in [-0.2, 0) is 10.0 Å². The Morgan fingerprint density at radius 1 is 1.03 bits per heavy atom. The van der Waals surface area contributed by atoms with Crippen LogP contribution in [0.2, 0.25) is 0 Å². The minimum absolute atomic E-state index is 0.0399. The minimum Gasteiger partial charge on any atom is -0.429 e. The van der Waals surface area contributed by atoms with Crippen LogP contribution in [-0.4, -0.2) is 23.0 Å². The molecule has 2 aromatic carbocycles. The monoisotopic (exact) mass is 471 g/mol. The molecule has 0 atom stereocenters. The van der Waals surface area contributed by atoms with Gasteiger partial charge in [-0.05, 0) is 49.7 Å². The molecule has 0 spiro atoms. The zero-order valence-corrected chi connectivity index (χ0v) is 18.2. The Hall–Kier alpha value is -2.78. The van der Waals surface area contributed by atoms with E-state index in [0.717, 1.165) is 4.47 Å². The van der Waals surface area contributed by atoms with Gasteiger partial charge in [0.05, 0.1) is 16.5 Å². The fourth-order valence-electron chi connectivity index (χ4n) is 2.79. The Morgan fingerprint density at radius 3 is 2.31 bits per heavy atom. The largest absolute Gasteiger partial charge is 0.429 e. The molecule has 0 aliphatic carbocycles. The van der Waals surface area contributed by atoms with Crippen molar-refractivity contribution in [1.82, 2.24) is 14.5 Å². The number of rotatable bonds is 5. The van der Waals surface area contributed by atoms with Gasteiger partial charge in [-0.1, -0.05) is 34.1 Å². The minimum atomic E-state index is -3.96. The van der Waals surface area contributed by atoms with Crippen molar-refractivity contribution in [2.24, 2.45) is 0 Å². The normalized spacial score (nSPS) is 11.9. The van der Waals surface area contributed by atoms with Gasteiger partial charge in [-0.3, -0.25) is 0 Å². The van der Waals surface area contributed by atoms with Crippen LogP contribution in [0, 0.1) is 0 Å². The Bertz CT molecular complexity index is 1280. The highest BCUT2D eigenvalue weighted by Gasteiger charge is 2.17. The second kappa shape index (κ2) is 7.57. The molecule has 0 aliphatic heterocycles. The summed E-state index contributed by atoms with van der Waals surface area (Å²) in [4.78, 5) is 9.21. The van der Waals surface area contributed by atoms with E-state index in [1.807, 2.05) is 41.5 Å². The molecule has 7 nitrogen and oxygen atoms in total. The first kappa shape index (κ1) is 19.5. The summed E-state index contributed by atoms with van der Waals surface area (Å²) in [6.45, 7) is 4.11. The van der Waals surface area contributed by atoms with E-state index in [0.29, 0.717) is 16.9 Å². The molecule has 0 unspecified atom stereocenters. The fourth-order valence-corrected chi connectivity index (χ4v) is 3.99. The molecule has 2 heterocycles. The van der Waals surface area contributed by atoms with Gasteiger partial charge in [-0.15, -0.1) is 0 Å². The zero-order valence-electron chi connectivity index (χ0n) is 15.8. The number of halogens is 1. The molecule has 0 N–H and O–H groups in total. The summed E-state index contributed by atoms with van der Waals surface area (Å²) in [6, 6.07) is 13.9. The third kappa shape index (κ3) is 4.01. The predicted octanol–water partition coefficient (Wildman–Crippen LogP) is 4.45. The number of nitrogens with zero attached hydrogens (tertiary/aromatic N) is 5. The van der Waals surface area contributed by atoms with Crippen LogP contribution in [0.3, 0.4) is 0 Å². The maximum absolute atomic E-state index is 12.9. The van der Waals surface area contributed by atoms with Gasteiger partial charge in [0.2, 0.25) is 22.2 Å². The lowest BCUT2D eigenvalue weighted by atomic mass is 10.3. The number of benzene rings is 2. The molecule has 2 aromatic heterocycles. The second-order valence-electron chi connectivity index (χ2n) is 6.74. The van der Waals surface area contributed by atoms with Gasteiger partial charge >= 0.3 is 0 Å². The Labute approximate surface area is 177 Å². The second-order valence-corrected chi connectivity index (χ2v) is 9.26. The molecule has 4 rings (SSSR count). The lowest BCUT2D eigenvalue weighted by Gasteiger charge is -2.18. The molecule has 29 heavy (non-hydrogen) atoms. The summed E-state index contributed by atoms with van der Waals surface area (Å²) in [6.07, 6.45) is 5.55. The van der Waals surface area contributed by atoms with Crippen molar-refractivity contribution in [2.45, 2.75) is 24.8 Å². The zero-order chi connectivity index (χ0) is 20.6. The van der Waals surface area contributed by atoms with E-state index in [-0.39, 0.29) is 16.8 Å². The van der Waals surface area contributed by atoms with Gasteiger partial charge in [0.1, 0.15) is 12.4 Å². The van der Waals surface area contributed by atoms with Gasteiger partial charge in [-0.2, -0.15) is 4.57 Å². The number of hydrogen-bond acceptors (Lipinski definition) is 4. The van der Waals surface area contributed by atoms with Crippen LogP contribution in [0.25, 0.3) is 21.6 Å². The molecule has 0 bridgehead atoms. The van der Waals surface area contributed by atoms with Gasteiger partial charge in [0, 0.05) is 10.3 Å². The molecular weight excluding hydrogens is 454 g/mol. The quantitative estimate of drug-likeness (QED) is 0.402. The topological polar surface area (TPSA) is 82.8 Å². The lowest BCUT2D eigenvalue weighted by Crippen LogP contribution is -2.33. The van der Waals surface area contributed by atoms with E-state index in [1.54, 1.807) is 22.8 Å². The van der Waals surface area contributed by atoms with Crippen molar-refractivity contribution in [1.29, 1.82) is 0 Å². The highest BCUT2D eigenvalue weighted by Crippen LogP contribution is 2.32. The van der Waals surface area contributed by atoms with E-state index in [9.17, 15) is 8.42 Å². The van der Waals surface area contributed by atoms with Crippen LogP contribution < -0.4 is 4.57 Å². The van der Waals surface area contributed by atoms with Gasteiger partial charge in [-0.25, -0.2) is 18.0 Å². The van der Waals surface area contributed by atoms with Crippen LogP contribution in [0.1, 0.15) is 19.9 Å². The van der Waals surface area contributed by atoms with Crippen molar-refractivity contribution in [2.75, 3.05) is 0 Å². The van der Waals surface area contributed by atoms with Gasteiger partial charge in [0.15, 0.2) is 0 Å². The van der Waals surface area contributed by atoms with Crippen molar-refractivity contribution in [3.63, 3.8) is 0 Å². The molecule has 0 radical (unpaired) electrons. The van der Waals surface area contributed by atoms with Crippen molar-refractivity contribution >= 4 is 42.8 Å². The standard InChI is InChI=1S/C20H18BrN5O2S/c1-14(2)25-11-12-26(13-25)20-19(22-17-5-3-4-6-18(17)23-20)24-29(27,28)16-9-7-15(21)8-10-16/h3-14H,1-2H3. The number of fused-ring (bicyclic) bond motifs is 1. The van der Waals surface area contributed by atoms with Crippen molar-refractivity contribution in [3.05, 3.63) is 76.4 Å². The van der Waals surface area contributed by atoms with E-state index >= 15 is 0 Å². The average Bonchev–Trinajstić information content (AvgIpc) is 3.18. The third-order valence-electron chi connectivity index (χ3n) is 4.35. The first-order valence-electron chi connectivity index (χ1n) is 8.93. The average molecular weight is 472 g/mol. The summed E-state index contributed by atoms with van der Waals surface area (Å²) >= 11 is 3.31. The summed E-state index contributed by atoms with van der Waals surface area (Å²) < 4.78 is 34.3. The molecular formula is C20H18BrN5O2S. The van der Waals surface area contributed by atoms with Crippen LogP contribution >= 0.6 is 15.9 Å². The Balaban J connectivity index is 1.84. The number of para-hydroxylation sites is 2. The van der Waals surface area contributed by atoms with Crippen LogP contribution in [0.4, 0.5) is 5.82 Å². The molecule has 4 aromatic rings. The van der Waals surface area contributed by atoms with Crippen LogP contribution in [0.5, 0.6) is 0 Å². The van der Waals surface area contributed by atoms with Crippen molar-refractivity contribution < 1.29 is 13.0 Å². The number of hydrogen-bond donors (Lipinski definition) is 0. The highest BCUT2D eigenvalue weighted by atomic mass is 79.9. The Morgan fingerprint density at radius 2 is 1.69 bits per heavy atom. The SMILES string of the molecule is CC(C)[n+]1ccn(-c2nc3ccccc3nc2[N-]S(=O)(=O)c2ccc(Br)cc2)c1. The first-order valence-corrected chi connectivity index (χ1v) is 11.2. The Kier molecular flexibility index (Phi) is 5.10. The molecule has 148 valence electrons. The smallest absolute Gasteiger partial charge is 0.250 e. The van der Waals surface area contributed by atoms with Crippen molar-refractivity contribution in [3.8, 4) is 5.82 Å². The first-order chi connectivity index (χ1) is 13.8. The molecule has 9 heteroatoms. The van der Waals surface area contributed by atoms with Gasteiger partial charge < -0.3 is 9.71 Å². The lowest BCUT2D eigenvalue weighted by molar-refractivity contribution is -0.715. The summed E-state index contributed by atoms with van der Waals surface area (Å²) in [5, 5.41) is 0. The van der Waals surface area contributed by atoms with E-state index in [1.165, 1.54) is 12.1 Å². The molecule has 0 saturated carbocycles. The summed E-state index contributed by atoms with van der Waals surface area (Å²) in [5.74, 6) is 0.391. The molecule has 0 amide bonds. The highest BCUT2D eigenvalue weighted by molar-refractivity contribution is 9.10. The van der Waals surface area contributed by atoms with Gasteiger partial charge in [0.25, 0.3) is 0 Å². The van der Waals surface area contributed by atoms with E-state index < -0.39 is 10.0 Å². The molecule has 0 aliphatic rings. The third-order valence-corrected chi connectivity index (χ3v) is 6.16. The maximum atomic E-state index is 12.9. The maximum Gasteiger partial charge on any atom is 0.250 e. The number of imidazole rings is 1. The summed E-state index contributed by atoms with van der Waals surface area (Å²) in [5.41, 5.74) is 1.23. The fraction of sp³-hybridized carbons (Fsp3) is 0.150. The van der Waals surface area contributed by atoms with Crippen LogP contribution in [0.15, 0.2) is 76.6 Å². The summed E-state index contributed by atoms with van der Waals surface area (Å²) in [7, 11) is -3.96. The van der Waals surface area contributed by atoms with E-state index in [2.05, 4.69) is 44.5 Å². The van der Waals surface area contributed by atoms with E-state index in [4.69, 9.17) is 0 Å². The molecule has 0 fully saturated rings. The predicted molar refractivity (Wildman–Crippen MR) is 114 cm³/mol. The molecule has 0 saturated heterocycles.